The van der Waals surface area contributed by atoms with Crippen LogP contribution in [-0.2, 0) is 16.0 Å². The molecule has 1 heterocycles. The predicted molar refractivity (Wildman–Crippen MR) is 84.1 cm³/mol. The van der Waals surface area contributed by atoms with E-state index in [0.717, 1.165) is 5.56 Å². The molecule has 4 nitrogen and oxygen atoms in total. The van der Waals surface area contributed by atoms with Crippen LogP contribution < -0.4 is 5.32 Å². The third kappa shape index (κ3) is 4.31. The summed E-state index contributed by atoms with van der Waals surface area (Å²) < 4.78 is 4.88. The van der Waals surface area contributed by atoms with E-state index >= 15 is 0 Å². The lowest BCUT2D eigenvalue weighted by atomic mass is 10.1. The molecule has 1 aromatic heterocycles. The van der Waals surface area contributed by atoms with Crippen molar-refractivity contribution in [2.45, 2.75) is 13.3 Å². The van der Waals surface area contributed by atoms with Gasteiger partial charge in [-0.15, -0.1) is 0 Å². The monoisotopic (exact) mass is 323 g/mol. The Morgan fingerprint density at radius 3 is 2.76 bits per heavy atom. The molecule has 0 fully saturated rings. The lowest BCUT2D eigenvalue weighted by molar-refractivity contribution is -0.142. The van der Waals surface area contributed by atoms with E-state index in [9.17, 15) is 9.59 Å². The molecule has 0 unspecified atom stereocenters. The number of esters is 1. The Labute approximate surface area is 131 Å². The normalized spacial score (nSPS) is 10.2. The van der Waals surface area contributed by atoms with Crippen LogP contribution in [-0.4, -0.2) is 18.5 Å². The fraction of sp³-hybridized carbons (Fsp3) is 0.200. The van der Waals surface area contributed by atoms with Crippen molar-refractivity contribution < 1.29 is 14.3 Å². The summed E-state index contributed by atoms with van der Waals surface area (Å²) in [6.07, 6.45) is 0.159. The Balaban J connectivity index is 2.05. The van der Waals surface area contributed by atoms with Gasteiger partial charge in [-0.1, -0.05) is 17.7 Å². The molecule has 21 heavy (non-hydrogen) atoms. The van der Waals surface area contributed by atoms with Crippen LogP contribution >= 0.6 is 22.9 Å². The summed E-state index contributed by atoms with van der Waals surface area (Å²) in [6.45, 7) is 2.11. The van der Waals surface area contributed by atoms with E-state index in [2.05, 4.69) is 5.32 Å². The largest absolute Gasteiger partial charge is 0.466 e. The fourth-order valence-corrected chi connectivity index (χ4v) is 2.62. The molecule has 6 heteroatoms. The first-order valence-corrected chi connectivity index (χ1v) is 7.70. The Morgan fingerprint density at radius 1 is 1.33 bits per heavy atom. The van der Waals surface area contributed by atoms with Crippen molar-refractivity contribution in [1.82, 2.24) is 0 Å². The minimum absolute atomic E-state index is 0.159. The smallest absolute Gasteiger partial charge is 0.310 e. The molecule has 0 atom stereocenters. The second kappa shape index (κ2) is 7.24. The minimum Gasteiger partial charge on any atom is -0.466 e. The maximum Gasteiger partial charge on any atom is 0.310 e. The molecule has 0 bridgehead atoms. The first kappa shape index (κ1) is 15.5. The number of nitrogens with one attached hydrogen (secondary N) is 1. The molecule has 0 radical (unpaired) electrons. The molecule has 110 valence electrons. The van der Waals surface area contributed by atoms with Gasteiger partial charge >= 0.3 is 5.97 Å². The van der Waals surface area contributed by atoms with E-state index in [-0.39, 0.29) is 18.3 Å². The zero-order chi connectivity index (χ0) is 15.2. The van der Waals surface area contributed by atoms with Crippen LogP contribution in [0.3, 0.4) is 0 Å². The molecule has 0 aliphatic carbocycles. The van der Waals surface area contributed by atoms with Crippen molar-refractivity contribution in [2.24, 2.45) is 0 Å². The number of hydrogen-bond acceptors (Lipinski definition) is 4. The SMILES string of the molecule is CCOC(=O)Cc1ccc(NC(=O)c2ccsc2)c(Cl)c1. The summed E-state index contributed by atoms with van der Waals surface area (Å²) >= 11 is 7.58. The van der Waals surface area contributed by atoms with Gasteiger partial charge in [-0.2, -0.15) is 11.3 Å². The number of amides is 1. The van der Waals surface area contributed by atoms with Crippen molar-refractivity contribution in [2.75, 3.05) is 11.9 Å². The fourth-order valence-electron chi connectivity index (χ4n) is 1.74. The number of rotatable bonds is 5. The van der Waals surface area contributed by atoms with Gasteiger partial charge in [-0.05, 0) is 36.1 Å². The van der Waals surface area contributed by atoms with E-state index in [4.69, 9.17) is 16.3 Å². The molecule has 0 saturated carbocycles. The summed E-state index contributed by atoms with van der Waals surface area (Å²) in [6, 6.07) is 6.82. The number of thiophene rings is 1. The summed E-state index contributed by atoms with van der Waals surface area (Å²) in [4.78, 5) is 23.3. The van der Waals surface area contributed by atoms with Crippen molar-refractivity contribution in [3.63, 3.8) is 0 Å². The van der Waals surface area contributed by atoms with Gasteiger partial charge in [-0.3, -0.25) is 9.59 Å². The van der Waals surface area contributed by atoms with Gasteiger partial charge in [0.1, 0.15) is 0 Å². The van der Waals surface area contributed by atoms with Crippen LogP contribution in [0.25, 0.3) is 0 Å². The lowest BCUT2D eigenvalue weighted by Crippen LogP contribution is -2.11. The van der Waals surface area contributed by atoms with Gasteiger partial charge in [0.15, 0.2) is 0 Å². The predicted octanol–water partition coefficient (Wildman–Crippen LogP) is 3.76. The van der Waals surface area contributed by atoms with Crippen molar-refractivity contribution in [3.05, 3.63) is 51.2 Å². The highest BCUT2D eigenvalue weighted by Gasteiger charge is 2.11. The highest BCUT2D eigenvalue weighted by atomic mass is 35.5. The third-order valence-electron chi connectivity index (χ3n) is 2.72. The first-order valence-electron chi connectivity index (χ1n) is 6.37. The zero-order valence-electron chi connectivity index (χ0n) is 11.4. The Bertz CT molecular complexity index is 640. The highest BCUT2D eigenvalue weighted by molar-refractivity contribution is 7.08. The number of benzene rings is 1. The minimum atomic E-state index is -0.302. The maximum atomic E-state index is 11.9. The number of hydrogen-bond donors (Lipinski definition) is 1. The van der Waals surface area contributed by atoms with Crippen molar-refractivity contribution in [3.8, 4) is 0 Å². The molecule has 1 amide bonds. The highest BCUT2D eigenvalue weighted by Crippen LogP contribution is 2.24. The van der Waals surface area contributed by atoms with Crippen LogP contribution in [0.5, 0.6) is 0 Å². The molecule has 1 aromatic carbocycles. The Morgan fingerprint density at radius 2 is 2.14 bits per heavy atom. The average molecular weight is 324 g/mol. The second-order valence-electron chi connectivity index (χ2n) is 4.26. The van der Waals surface area contributed by atoms with Crippen molar-refractivity contribution in [1.29, 1.82) is 0 Å². The summed E-state index contributed by atoms with van der Waals surface area (Å²) in [5, 5.41) is 6.72. The van der Waals surface area contributed by atoms with Crippen molar-refractivity contribution >= 4 is 40.5 Å². The maximum absolute atomic E-state index is 11.9. The number of ether oxygens (including phenoxy) is 1. The molecule has 2 rings (SSSR count). The second-order valence-corrected chi connectivity index (χ2v) is 5.45. The molecular formula is C15H14ClNO3S. The summed E-state index contributed by atoms with van der Waals surface area (Å²) in [7, 11) is 0. The van der Waals surface area contributed by atoms with E-state index in [1.807, 2.05) is 5.38 Å². The van der Waals surface area contributed by atoms with Gasteiger partial charge in [0.2, 0.25) is 0 Å². The van der Waals surface area contributed by atoms with Gasteiger partial charge in [0, 0.05) is 5.38 Å². The average Bonchev–Trinajstić information content (AvgIpc) is 2.96. The topological polar surface area (TPSA) is 55.4 Å². The van der Waals surface area contributed by atoms with E-state index in [1.54, 1.807) is 36.6 Å². The molecule has 1 N–H and O–H groups in total. The van der Waals surface area contributed by atoms with Gasteiger partial charge < -0.3 is 10.1 Å². The van der Waals surface area contributed by atoms with E-state index in [1.165, 1.54) is 11.3 Å². The van der Waals surface area contributed by atoms with Crippen LogP contribution in [0.4, 0.5) is 5.69 Å². The Kier molecular flexibility index (Phi) is 5.36. The van der Waals surface area contributed by atoms with E-state index < -0.39 is 0 Å². The molecule has 2 aromatic rings. The number of carbonyl (C=O) groups is 2. The molecular weight excluding hydrogens is 310 g/mol. The van der Waals surface area contributed by atoms with Crippen LogP contribution in [0.15, 0.2) is 35.0 Å². The summed E-state index contributed by atoms with van der Waals surface area (Å²) in [5.74, 6) is -0.514. The number of anilines is 1. The van der Waals surface area contributed by atoms with Gasteiger partial charge in [0.05, 0.1) is 29.3 Å². The zero-order valence-corrected chi connectivity index (χ0v) is 13.0. The number of carbonyl (C=O) groups excluding carboxylic acids is 2. The summed E-state index contributed by atoms with van der Waals surface area (Å²) in [5.41, 5.74) is 1.85. The standard InChI is InChI=1S/C15H14ClNO3S/c1-2-20-14(18)8-10-3-4-13(12(16)7-10)17-15(19)11-5-6-21-9-11/h3-7,9H,2,8H2,1H3,(H,17,19). The molecule has 0 aliphatic rings. The van der Waals surface area contributed by atoms with E-state index in [0.29, 0.717) is 22.9 Å². The van der Waals surface area contributed by atoms with Crippen LogP contribution in [0.2, 0.25) is 5.02 Å². The van der Waals surface area contributed by atoms with Gasteiger partial charge in [0.25, 0.3) is 5.91 Å². The quantitative estimate of drug-likeness (QED) is 0.852. The molecule has 0 saturated heterocycles. The first-order chi connectivity index (χ1) is 10.1. The molecule has 0 aliphatic heterocycles. The molecule has 0 spiro atoms. The Hall–Kier alpha value is -1.85. The van der Waals surface area contributed by atoms with Crippen LogP contribution in [0.1, 0.15) is 22.8 Å². The van der Waals surface area contributed by atoms with Gasteiger partial charge in [-0.25, -0.2) is 0 Å². The van der Waals surface area contributed by atoms with Crippen LogP contribution in [0, 0.1) is 0 Å². The lowest BCUT2D eigenvalue weighted by Gasteiger charge is -2.08. The third-order valence-corrected chi connectivity index (χ3v) is 3.71. The number of halogens is 1.